The molecule has 26 heavy (non-hydrogen) atoms. The van der Waals surface area contributed by atoms with E-state index in [9.17, 15) is 18.0 Å². The van der Waals surface area contributed by atoms with Crippen molar-refractivity contribution in [3.63, 3.8) is 0 Å². The number of aromatic nitrogens is 2. The molecule has 1 amide bonds. The van der Waals surface area contributed by atoms with Gasteiger partial charge in [0.15, 0.2) is 0 Å². The Morgan fingerprint density at radius 3 is 2.58 bits per heavy atom. The number of aryl methyl sites for hydroxylation is 1. The quantitative estimate of drug-likeness (QED) is 0.662. The third-order valence-corrected chi connectivity index (χ3v) is 4.34. The predicted octanol–water partition coefficient (Wildman–Crippen LogP) is 4.44. The van der Waals surface area contributed by atoms with E-state index in [0.29, 0.717) is 20.3 Å². The Hall–Kier alpha value is -1.77. The molecule has 142 valence electrons. The van der Waals surface area contributed by atoms with Crippen LogP contribution in [0.2, 0.25) is 10.0 Å². The van der Waals surface area contributed by atoms with E-state index in [-0.39, 0.29) is 6.42 Å². The van der Waals surface area contributed by atoms with Crippen molar-refractivity contribution >= 4 is 29.1 Å². The van der Waals surface area contributed by atoms with Crippen molar-refractivity contribution < 1.29 is 22.8 Å². The molecular formula is C16H16Cl2F3N3O2. The summed E-state index contributed by atoms with van der Waals surface area (Å²) in [6.45, 7) is 1.61. The molecule has 0 aliphatic rings. The second kappa shape index (κ2) is 8.28. The van der Waals surface area contributed by atoms with Gasteiger partial charge in [-0.15, -0.1) is 0 Å². The van der Waals surface area contributed by atoms with Crippen LogP contribution in [-0.2, 0) is 18.3 Å². The van der Waals surface area contributed by atoms with Crippen molar-refractivity contribution in [2.75, 3.05) is 7.11 Å². The molecular weight excluding hydrogens is 394 g/mol. The van der Waals surface area contributed by atoms with Gasteiger partial charge in [0.05, 0.1) is 13.2 Å². The number of nitrogens with zero attached hydrogens (tertiary/aromatic N) is 3. The maximum atomic E-state index is 14.2. The van der Waals surface area contributed by atoms with Gasteiger partial charge in [-0.05, 0) is 31.0 Å². The Balaban J connectivity index is 2.31. The first-order valence-corrected chi connectivity index (χ1v) is 8.25. The second-order valence-electron chi connectivity index (χ2n) is 5.58. The van der Waals surface area contributed by atoms with E-state index in [0.717, 1.165) is 12.1 Å². The molecule has 1 atom stereocenters. The molecule has 0 aliphatic carbocycles. The molecule has 1 aromatic heterocycles. The number of alkyl halides is 2. The summed E-state index contributed by atoms with van der Waals surface area (Å²) in [6.07, 6.45) is -2.87. The molecule has 0 N–H and O–H groups in total. The summed E-state index contributed by atoms with van der Waals surface area (Å²) < 4.78 is 40.9. The zero-order valence-corrected chi connectivity index (χ0v) is 15.7. The molecule has 0 bridgehead atoms. The van der Waals surface area contributed by atoms with Crippen LogP contribution in [0.3, 0.4) is 0 Å². The Bertz CT molecular complexity index is 814. The highest BCUT2D eigenvalue weighted by atomic mass is 35.5. The Kier molecular flexibility index (Phi) is 6.54. The molecule has 1 aromatic carbocycles. The number of hydrogen-bond acceptors (Lipinski definition) is 3. The molecule has 2 rings (SSSR count). The summed E-state index contributed by atoms with van der Waals surface area (Å²) in [5.74, 6) is -2.21. The van der Waals surface area contributed by atoms with Crippen LogP contribution in [0.4, 0.5) is 13.2 Å². The van der Waals surface area contributed by atoms with Gasteiger partial charge in [-0.2, -0.15) is 9.49 Å². The highest BCUT2D eigenvalue weighted by Crippen LogP contribution is 2.27. The summed E-state index contributed by atoms with van der Waals surface area (Å²) in [6, 6.07) is 4.22. The van der Waals surface area contributed by atoms with Crippen LogP contribution in [0.5, 0.6) is 0 Å². The SMILES string of the molecule is CON(C(=O)c1c(C(F)F)nn(C)c1F)C(C)Cc1ccc(Cl)cc1Cl. The third-order valence-electron chi connectivity index (χ3n) is 3.75. The van der Waals surface area contributed by atoms with Crippen molar-refractivity contribution in [1.82, 2.24) is 14.8 Å². The predicted molar refractivity (Wildman–Crippen MR) is 90.9 cm³/mol. The zero-order valence-electron chi connectivity index (χ0n) is 14.1. The largest absolute Gasteiger partial charge is 0.284 e. The minimum absolute atomic E-state index is 0.238. The number of benzene rings is 1. The van der Waals surface area contributed by atoms with Crippen LogP contribution in [-0.4, -0.2) is 33.9 Å². The van der Waals surface area contributed by atoms with Crippen LogP contribution < -0.4 is 0 Å². The molecule has 1 unspecified atom stereocenters. The first kappa shape index (κ1) is 20.5. The average molecular weight is 410 g/mol. The minimum atomic E-state index is -3.11. The highest BCUT2D eigenvalue weighted by Gasteiger charge is 2.33. The molecule has 10 heteroatoms. The van der Waals surface area contributed by atoms with E-state index in [4.69, 9.17) is 28.0 Å². The molecule has 0 saturated heterocycles. The first-order valence-electron chi connectivity index (χ1n) is 7.49. The fourth-order valence-electron chi connectivity index (χ4n) is 2.54. The fourth-order valence-corrected chi connectivity index (χ4v) is 3.02. The summed E-state index contributed by atoms with van der Waals surface area (Å²) in [5, 5.41) is 5.02. The van der Waals surface area contributed by atoms with Crippen LogP contribution in [0.1, 0.15) is 35.0 Å². The molecule has 0 fully saturated rings. The molecule has 5 nitrogen and oxygen atoms in total. The second-order valence-corrected chi connectivity index (χ2v) is 6.42. The van der Waals surface area contributed by atoms with Gasteiger partial charge in [-0.25, -0.2) is 18.5 Å². The molecule has 1 heterocycles. The van der Waals surface area contributed by atoms with Crippen LogP contribution >= 0.6 is 23.2 Å². The van der Waals surface area contributed by atoms with E-state index in [1.54, 1.807) is 25.1 Å². The Morgan fingerprint density at radius 2 is 2.04 bits per heavy atom. The van der Waals surface area contributed by atoms with E-state index in [1.165, 1.54) is 7.11 Å². The van der Waals surface area contributed by atoms with Crippen molar-refractivity contribution in [3.05, 3.63) is 51.0 Å². The molecule has 0 radical (unpaired) electrons. The van der Waals surface area contributed by atoms with Crippen molar-refractivity contribution in [1.29, 1.82) is 0 Å². The maximum Gasteiger partial charge on any atom is 0.284 e. The van der Waals surface area contributed by atoms with E-state index in [1.807, 2.05) is 0 Å². The zero-order chi connectivity index (χ0) is 19.6. The highest BCUT2D eigenvalue weighted by molar-refractivity contribution is 6.35. The van der Waals surface area contributed by atoms with Crippen LogP contribution in [0.25, 0.3) is 0 Å². The smallest absolute Gasteiger partial charge is 0.274 e. The number of halogens is 5. The fraction of sp³-hybridized carbons (Fsp3) is 0.375. The van der Waals surface area contributed by atoms with Gasteiger partial charge < -0.3 is 0 Å². The van der Waals surface area contributed by atoms with Crippen molar-refractivity contribution in [2.24, 2.45) is 7.05 Å². The molecule has 0 spiro atoms. The lowest BCUT2D eigenvalue weighted by molar-refractivity contribution is -0.119. The Morgan fingerprint density at radius 1 is 1.38 bits per heavy atom. The third kappa shape index (κ3) is 4.13. The van der Waals surface area contributed by atoms with E-state index < -0.39 is 35.6 Å². The summed E-state index contributed by atoms with van der Waals surface area (Å²) in [7, 11) is 2.32. The van der Waals surface area contributed by atoms with E-state index >= 15 is 0 Å². The number of rotatable bonds is 6. The minimum Gasteiger partial charge on any atom is -0.274 e. The first-order chi connectivity index (χ1) is 12.2. The normalized spacial score (nSPS) is 12.5. The van der Waals surface area contributed by atoms with Gasteiger partial charge in [0.2, 0.25) is 5.95 Å². The monoisotopic (exact) mass is 409 g/mol. The van der Waals surface area contributed by atoms with Gasteiger partial charge >= 0.3 is 0 Å². The van der Waals surface area contributed by atoms with Gasteiger partial charge in [0.25, 0.3) is 12.3 Å². The molecule has 0 saturated carbocycles. The Labute approximate surface area is 158 Å². The van der Waals surface area contributed by atoms with Crippen LogP contribution in [0.15, 0.2) is 18.2 Å². The van der Waals surface area contributed by atoms with Crippen LogP contribution in [0, 0.1) is 5.95 Å². The standard InChI is InChI=1S/C16H16Cl2F3N3O2/c1-8(6-9-4-5-10(17)7-11(9)18)24(26-3)16(25)12-13(14(19)20)22-23(2)15(12)21/h4-5,7-8,14H,6H2,1-3H3. The number of hydrogen-bond donors (Lipinski definition) is 0. The van der Waals surface area contributed by atoms with E-state index in [2.05, 4.69) is 5.10 Å². The van der Waals surface area contributed by atoms with Gasteiger partial charge in [0, 0.05) is 17.1 Å². The van der Waals surface area contributed by atoms with Gasteiger partial charge in [-0.3, -0.25) is 9.63 Å². The van der Waals surface area contributed by atoms with Crippen molar-refractivity contribution in [2.45, 2.75) is 25.8 Å². The average Bonchev–Trinajstić information content (AvgIpc) is 2.86. The number of amides is 1. The number of carbonyl (C=O) groups is 1. The summed E-state index contributed by atoms with van der Waals surface area (Å²) in [5.41, 5.74) is -1.09. The summed E-state index contributed by atoms with van der Waals surface area (Å²) >= 11 is 12.0. The number of carbonyl (C=O) groups excluding carboxylic acids is 1. The number of hydroxylamine groups is 2. The summed E-state index contributed by atoms with van der Waals surface area (Å²) in [4.78, 5) is 17.7. The lowest BCUT2D eigenvalue weighted by Gasteiger charge is -2.27. The lowest BCUT2D eigenvalue weighted by Crippen LogP contribution is -2.39. The lowest BCUT2D eigenvalue weighted by atomic mass is 10.1. The van der Waals surface area contributed by atoms with Gasteiger partial charge in [-0.1, -0.05) is 29.3 Å². The topological polar surface area (TPSA) is 47.4 Å². The van der Waals surface area contributed by atoms with Gasteiger partial charge in [0.1, 0.15) is 11.3 Å². The van der Waals surface area contributed by atoms with Crippen molar-refractivity contribution in [3.8, 4) is 0 Å². The molecule has 0 aliphatic heterocycles. The maximum absolute atomic E-state index is 14.2. The molecule has 2 aromatic rings.